The van der Waals surface area contributed by atoms with E-state index in [2.05, 4.69) is 0 Å². The lowest BCUT2D eigenvalue weighted by Gasteiger charge is -2.33. The maximum Gasteiger partial charge on any atom is 0.306 e. The lowest BCUT2D eigenvalue weighted by Crippen LogP contribution is -2.38. The van der Waals surface area contributed by atoms with Crippen molar-refractivity contribution in [1.29, 1.82) is 0 Å². The van der Waals surface area contributed by atoms with Crippen molar-refractivity contribution in [2.24, 2.45) is 5.92 Å². The van der Waals surface area contributed by atoms with Crippen LogP contribution in [-0.4, -0.2) is 46.4 Å². The van der Waals surface area contributed by atoms with Crippen molar-refractivity contribution in [3.05, 3.63) is 35.5 Å². The number of carboxylic acids is 1. The lowest BCUT2D eigenvalue weighted by atomic mass is 9.82. The van der Waals surface area contributed by atoms with E-state index in [1.54, 1.807) is 24.3 Å². The highest BCUT2D eigenvalue weighted by molar-refractivity contribution is 5.98. The van der Waals surface area contributed by atoms with Crippen LogP contribution in [-0.2, 0) is 9.53 Å². The van der Waals surface area contributed by atoms with E-state index < -0.39 is 17.8 Å². The fourth-order valence-electron chi connectivity index (χ4n) is 5.03. The van der Waals surface area contributed by atoms with Crippen molar-refractivity contribution in [1.82, 2.24) is 4.98 Å². The van der Waals surface area contributed by atoms with Gasteiger partial charge in [0.15, 0.2) is 0 Å². The van der Waals surface area contributed by atoms with Gasteiger partial charge in [-0.3, -0.25) is 4.79 Å². The summed E-state index contributed by atoms with van der Waals surface area (Å²) in [6.45, 7) is 1.21. The molecule has 5 rings (SSSR count). The summed E-state index contributed by atoms with van der Waals surface area (Å²) in [5.41, 5.74) is 2.53. The number of pyridine rings is 1. The predicted molar refractivity (Wildman–Crippen MR) is 118 cm³/mol. The van der Waals surface area contributed by atoms with E-state index in [1.807, 2.05) is 0 Å². The fourth-order valence-corrected chi connectivity index (χ4v) is 5.03. The number of allylic oxidation sites excluding steroid dienone is 2. The average Bonchev–Trinajstić information content (AvgIpc) is 2.76. The molecule has 2 fully saturated rings. The molecule has 0 amide bonds. The van der Waals surface area contributed by atoms with Gasteiger partial charge in [0.1, 0.15) is 11.9 Å². The standard InChI is InChI=1S/C25H27F2NO5/c26-25(27)7-3-14(4-8-25)21-19-2-1-17(29)13-20(19)23(33-18-11-16(12-18)24(30)31)28-22(21)15-5-9-32-10-6-15/h1-3,13,15-16,18,29H,4-12H2,(H,30,31). The van der Waals surface area contributed by atoms with Gasteiger partial charge in [0, 0.05) is 42.9 Å². The number of aromatic nitrogens is 1. The number of rotatable bonds is 5. The molecule has 8 heteroatoms. The molecular weight excluding hydrogens is 432 g/mol. The summed E-state index contributed by atoms with van der Waals surface area (Å²) in [6, 6.07) is 4.97. The molecule has 0 spiro atoms. The second-order valence-electron chi connectivity index (χ2n) is 9.33. The Hall–Kier alpha value is -2.74. The van der Waals surface area contributed by atoms with Crippen LogP contribution in [0.3, 0.4) is 0 Å². The van der Waals surface area contributed by atoms with Gasteiger partial charge in [-0.05, 0) is 61.3 Å². The van der Waals surface area contributed by atoms with E-state index in [0.717, 1.165) is 35.1 Å². The first-order valence-electron chi connectivity index (χ1n) is 11.5. The number of hydrogen-bond donors (Lipinski definition) is 2. The van der Waals surface area contributed by atoms with Crippen molar-refractivity contribution < 1.29 is 33.3 Å². The van der Waals surface area contributed by atoms with Crippen LogP contribution in [0.2, 0.25) is 0 Å². The molecule has 1 aromatic heterocycles. The molecule has 2 aliphatic carbocycles. The smallest absolute Gasteiger partial charge is 0.306 e. The predicted octanol–water partition coefficient (Wildman–Crippen LogP) is 5.28. The van der Waals surface area contributed by atoms with Gasteiger partial charge in [-0.15, -0.1) is 0 Å². The second-order valence-corrected chi connectivity index (χ2v) is 9.33. The lowest BCUT2D eigenvalue weighted by molar-refractivity contribution is -0.148. The molecule has 2 heterocycles. The summed E-state index contributed by atoms with van der Waals surface area (Å²) in [6.07, 6.45) is 3.48. The van der Waals surface area contributed by atoms with E-state index in [4.69, 9.17) is 14.5 Å². The normalized spacial score (nSPS) is 25.3. The largest absolute Gasteiger partial charge is 0.508 e. The Labute approximate surface area is 190 Å². The highest BCUT2D eigenvalue weighted by atomic mass is 19.3. The SMILES string of the molecule is O=C(O)C1CC(Oc2nc(C3CCOCC3)c(C3=CCC(F)(F)CC3)c3ccc(O)cc23)C1. The third-order valence-electron chi connectivity index (χ3n) is 7.04. The van der Waals surface area contributed by atoms with Gasteiger partial charge in [-0.25, -0.2) is 13.8 Å². The average molecular weight is 459 g/mol. The number of hydrogen-bond acceptors (Lipinski definition) is 5. The quantitative estimate of drug-likeness (QED) is 0.633. The third kappa shape index (κ3) is 4.40. The fraction of sp³-hybridized carbons (Fsp3) is 0.520. The minimum Gasteiger partial charge on any atom is -0.508 e. The molecule has 2 N–H and O–H groups in total. The van der Waals surface area contributed by atoms with E-state index in [0.29, 0.717) is 37.3 Å². The van der Waals surface area contributed by atoms with Gasteiger partial charge in [0.05, 0.1) is 11.6 Å². The van der Waals surface area contributed by atoms with Gasteiger partial charge in [0.25, 0.3) is 5.92 Å². The van der Waals surface area contributed by atoms with Crippen molar-refractivity contribution in [3.63, 3.8) is 0 Å². The van der Waals surface area contributed by atoms with Crippen LogP contribution < -0.4 is 4.74 Å². The Balaban J connectivity index is 1.61. The Morgan fingerprint density at radius 2 is 1.94 bits per heavy atom. The first-order chi connectivity index (χ1) is 15.8. The Kier molecular flexibility index (Phi) is 5.72. The number of phenols is 1. The zero-order valence-electron chi connectivity index (χ0n) is 18.2. The van der Waals surface area contributed by atoms with Gasteiger partial charge in [-0.2, -0.15) is 0 Å². The van der Waals surface area contributed by atoms with Gasteiger partial charge in [0.2, 0.25) is 5.88 Å². The van der Waals surface area contributed by atoms with Crippen LogP contribution in [0.5, 0.6) is 11.6 Å². The molecular formula is C25H27F2NO5. The number of ether oxygens (including phenoxy) is 2. The molecule has 33 heavy (non-hydrogen) atoms. The molecule has 176 valence electrons. The van der Waals surface area contributed by atoms with E-state index in [1.165, 1.54) is 0 Å². The van der Waals surface area contributed by atoms with Gasteiger partial charge in [-0.1, -0.05) is 6.08 Å². The van der Waals surface area contributed by atoms with Crippen molar-refractivity contribution in [2.45, 2.75) is 62.9 Å². The molecule has 0 radical (unpaired) electrons. The summed E-state index contributed by atoms with van der Waals surface area (Å²) >= 11 is 0. The van der Waals surface area contributed by atoms with Crippen LogP contribution in [0, 0.1) is 5.92 Å². The van der Waals surface area contributed by atoms with E-state index >= 15 is 0 Å². The van der Waals surface area contributed by atoms with Crippen LogP contribution >= 0.6 is 0 Å². The summed E-state index contributed by atoms with van der Waals surface area (Å²) < 4.78 is 39.5. The molecule has 0 unspecified atom stereocenters. The zero-order chi connectivity index (χ0) is 23.2. The van der Waals surface area contributed by atoms with Crippen molar-refractivity contribution in [3.8, 4) is 11.6 Å². The number of phenolic OH excluding ortho intramolecular Hbond substituents is 1. The molecule has 0 atom stereocenters. The highest BCUT2D eigenvalue weighted by Crippen LogP contribution is 2.45. The van der Waals surface area contributed by atoms with E-state index in [-0.39, 0.29) is 37.0 Å². The molecule has 0 bridgehead atoms. The van der Waals surface area contributed by atoms with Crippen LogP contribution in [0.25, 0.3) is 16.3 Å². The molecule has 6 nitrogen and oxygen atoms in total. The van der Waals surface area contributed by atoms with Crippen molar-refractivity contribution >= 4 is 22.3 Å². The third-order valence-corrected chi connectivity index (χ3v) is 7.04. The molecule has 1 saturated carbocycles. The Morgan fingerprint density at radius 3 is 2.61 bits per heavy atom. The number of aliphatic carboxylic acids is 1. The minimum absolute atomic E-state index is 0.0556. The summed E-state index contributed by atoms with van der Waals surface area (Å²) in [5, 5.41) is 20.8. The maximum absolute atomic E-state index is 13.9. The van der Waals surface area contributed by atoms with Crippen molar-refractivity contribution in [2.75, 3.05) is 13.2 Å². The van der Waals surface area contributed by atoms with Crippen LogP contribution in [0.15, 0.2) is 24.3 Å². The number of nitrogens with zero attached hydrogens (tertiary/aromatic N) is 1. The Morgan fingerprint density at radius 1 is 1.18 bits per heavy atom. The van der Waals surface area contributed by atoms with Crippen LogP contribution in [0.1, 0.15) is 62.1 Å². The second kappa shape index (κ2) is 8.56. The molecule has 1 saturated heterocycles. The molecule has 1 aromatic carbocycles. The number of benzene rings is 1. The monoisotopic (exact) mass is 459 g/mol. The van der Waals surface area contributed by atoms with Gasteiger partial charge < -0.3 is 19.7 Å². The zero-order valence-corrected chi connectivity index (χ0v) is 18.2. The topological polar surface area (TPSA) is 88.9 Å². The number of carboxylic acid groups (broad SMARTS) is 1. The number of halogens is 2. The summed E-state index contributed by atoms with van der Waals surface area (Å²) in [5.74, 6) is -3.42. The number of fused-ring (bicyclic) bond motifs is 1. The minimum atomic E-state index is -2.70. The summed E-state index contributed by atoms with van der Waals surface area (Å²) in [4.78, 5) is 16.1. The molecule has 3 aliphatic rings. The molecule has 2 aromatic rings. The van der Waals surface area contributed by atoms with E-state index in [9.17, 15) is 23.8 Å². The summed E-state index contributed by atoms with van der Waals surface area (Å²) in [7, 11) is 0. The first kappa shape index (κ1) is 22.1. The maximum atomic E-state index is 13.9. The first-order valence-corrected chi connectivity index (χ1v) is 11.5. The number of alkyl halides is 2. The Bertz CT molecular complexity index is 1100. The highest BCUT2D eigenvalue weighted by Gasteiger charge is 2.38. The number of carbonyl (C=O) groups is 1. The number of aromatic hydroxyl groups is 1. The van der Waals surface area contributed by atoms with Crippen LogP contribution in [0.4, 0.5) is 8.78 Å². The molecule has 1 aliphatic heterocycles. The van der Waals surface area contributed by atoms with Gasteiger partial charge >= 0.3 is 5.97 Å².